The number of non-ortho nitro benzene ring substituents is 2. The highest BCUT2D eigenvalue weighted by Gasteiger charge is 2.25. The van der Waals surface area contributed by atoms with E-state index in [0.717, 1.165) is 180 Å². The van der Waals surface area contributed by atoms with Crippen LogP contribution in [0.1, 0.15) is 83.5 Å². The molecular formula is C95H101Cl3N10O6S10. The second kappa shape index (κ2) is 49.1. The molecule has 0 radical (unpaired) electrons. The van der Waals surface area contributed by atoms with Gasteiger partial charge in [0.05, 0.1) is 56.3 Å². The Morgan fingerprint density at radius 1 is 0.323 bits per heavy atom. The Bertz CT molecular complexity index is 5260. The second-order valence-corrected chi connectivity index (χ2v) is 45.0. The molecule has 10 aromatic rings. The van der Waals surface area contributed by atoms with E-state index >= 15 is 0 Å². The molecule has 0 aromatic heterocycles. The van der Waals surface area contributed by atoms with Crippen molar-refractivity contribution in [3.05, 3.63) is 301 Å². The largest absolute Gasteiger partial charge is 0.297 e. The lowest BCUT2D eigenvalue weighted by Gasteiger charge is -2.27. The standard InChI is InChI=1S/C20H22N2S2.C19H19ClN2O2S2.C19H19ClN2S2.C19H22N2O2S2.C18H19ClN2O2S2/c1-15-9-16(2)11-19(10-15)24-20-4-3-17(13-21)12-18(20)14-22-5-7-23-8-6-22;1-14-8-17(20)11-18(9-14)25-19-3-2-15(12-21)10-16(19)13-22-4-6-26(23,24)7-5-22;1-14-8-17(20)11-18(9-14)24-19-3-2-15(12-21)10-16(19)13-22-4-6-23-7-5-22;1-14-9-15(2)11-18(10-14)25-19-4-3-17(21(22)23)12-16(19)13-20-5-7-24-8-6-20;1-13-8-15(19)11-17(9-13)25-18-3-2-16(21(22)23)10-14(18)12-20-4-6-24-7-5-20/h3-4,9-12H,5-8,14H2,1-2H3;2-3,8-11H,4-7,13H2,1H3;2-3,8-11H,4-7,13H2,1H3;3-4,9-12H,5-8,13H2,1-2H3;2-3,8-11H,4-7,12H2,1H3. The Balaban J connectivity index is 0.000000151. The summed E-state index contributed by atoms with van der Waals surface area (Å²) in [6, 6.07) is 66.0. The summed E-state index contributed by atoms with van der Waals surface area (Å²) in [6.45, 7) is 28.2. The molecule has 5 aliphatic heterocycles. The highest BCUT2D eigenvalue weighted by Crippen LogP contribution is 2.41. The van der Waals surface area contributed by atoms with Gasteiger partial charge in [0.25, 0.3) is 11.4 Å². The summed E-state index contributed by atoms with van der Waals surface area (Å²) in [6.07, 6.45) is 0. The first-order chi connectivity index (χ1) is 59.6. The molecule has 0 spiro atoms. The third kappa shape index (κ3) is 32.2. The molecule has 16 nitrogen and oxygen atoms in total. The molecule has 0 N–H and O–H groups in total. The van der Waals surface area contributed by atoms with Crippen molar-refractivity contribution in [3.63, 3.8) is 0 Å². The minimum absolute atomic E-state index is 0.146. The lowest BCUT2D eigenvalue weighted by molar-refractivity contribution is -0.385. The number of hydrogen-bond acceptors (Lipinski definition) is 23. The molecule has 10 aromatic carbocycles. The molecule has 5 fully saturated rings. The van der Waals surface area contributed by atoms with Crippen LogP contribution in [-0.2, 0) is 42.6 Å². The Kier molecular flexibility index (Phi) is 38.8. The van der Waals surface area contributed by atoms with Crippen LogP contribution in [0.4, 0.5) is 11.4 Å². The van der Waals surface area contributed by atoms with Crippen LogP contribution in [-0.4, -0.2) is 166 Å². The lowest BCUT2D eigenvalue weighted by Crippen LogP contribution is -2.39. The lowest BCUT2D eigenvalue weighted by atomic mass is 10.1. The maximum atomic E-state index is 11.6. The summed E-state index contributed by atoms with van der Waals surface area (Å²) in [7, 11) is -2.90. The van der Waals surface area contributed by atoms with Gasteiger partial charge in [0.15, 0.2) is 9.84 Å². The molecule has 0 bridgehead atoms. The van der Waals surface area contributed by atoms with Crippen LogP contribution in [0.3, 0.4) is 0 Å². The zero-order valence-electron chi connectivity index (χ0n) is 70.6. The van der Waals surface area contributed by atoms with Crippen LogP contribution in [0.2, 0.25) is 15.1 Å². The molecule has 0 unspecified atom stereocenters. The quantitative estimate of drug-likeness (QED) is 0.0456. The zero-order chi connectivity index (χ0) is 88.2. The van der Waals surface area contributed by atoms with E-state index in [1.807, 2.05) is 158 Å². The summed E-state index contributed by atoms with van der Waals surface area (Å²) >= 11 is 34.9. The van der Waals surface area contributed by atoms with Crippen LogP contribution in [0.5, 0.6) is 0 Å². The third-order valence-electron chi connectivity index (χ3n) is 20.5. The minimum atomic E-state index is -2.90. The van der Waals surface area contributed by atoms with Crippen LogP contribution < -0.4 is 0 Å². The van der Waals surface area contributed by atoms with Crippen molar-refractivity contribution < 1.29 is 18.3 Å². The van der Waals surface area contributed by atoms with Crippen molar-refractivity contribution in [2.75, 3.05) is 123 Å². The van der Waals surface area contributed by atoms with E-state index in [1.165, 1.54) is 76.0 Å². The molecule has 0 amide bonds. The number of sulfone groups is 1. The summed E-state index contributed by atoms with van der Waals surface area (Å²) in [5.41, 5.74) is 16.4. The number of benzene rings is 10. The first-order valence-electron chi connectivity index (χ1n) is 40.8. The van der Waals surface area contributed by atoms with Crippen molar-refractivity contribution in [2.45, 2.75) is 130 Å². The van der Waals surface area contributed by atoms with Gasteiger partial charge in [-0.25, -0.2) is 8.42 Å². The second-order valence-electron chi connectivity index (χ2n) is 30.9. The van der Waals surface area contributed by atoms with Gasteiger partial charge in [-0.15, -0.1) is 0 Å². The molecule has 5 aliphatic rings. The van der Waals surface area contributed by atoms with Gasteiger partial charge in [-0.3, -0.25) is 44.7 Å². The van der Waals surface area contributed by atoms with E-state index in [2.05, 4.69) is 150 Å². The molecule has 648 valence electrons. The smallest absolute Gasteiger partial charge is 0.269 e. The Morgan fingerprint density at radius 2 is 0.540 bits per heavy atom. The molecule has 5 saturated heterocycles. The highest BCUT2D eigenvalue weighted by atomic mass is 35.5. The zero-order valence-corrected chi connectivity index (χ0v) is 81.1. The number of hydrogen-bond donors (Lipinski definition) is 0. The molecule has 0 aliphatic carbocycles. The fraction of sp³-hybridized carbons (Fsp3) is 0.337. The average molecular weight is 1910 g/mol. The van der Waals surface area contributed by atoms with Gasteiger partial charge in [0, 0.05) is 232 Å². The number of nitrogens with zero attached hydrogens (tertiary/aromatic N) is 10. The number of thioether (sulfide) groups is 4. The fourth-order valence-electron chi connectivity index (χ4n) is 14.5. The number of nitriles is 3. The van der Waals surface area contributed by atoms with Gasteiger partial charge in [-0.1, -0.05) is 106 Å². The monoisotopic (exact) mass is 1900 g/mol. The average Bonchev–Trinajstić information content (AvgIpc) is 0.843. The summed E-state index contributed by atoms with van der Waals surface area (Å²) in [5.74, 6) is 9.68. The van der Waals surface area contributed by atoms with Crippen molar-refractivity contribution in [1.29, 1.82) is 15.8 Å². The molecule has 29 heteroatoms. The Hall–Kier alpha value is -6.76. The van der Waals surface area contributed by atoms with E-state index in [1.54, 1.807) is 71.3 Å². The highest BCUT2D eigenvalue weighted by molar-refractivity contribution is 8.01. The van der Waals surface area contributed by atoms with Gasteiger partial charge in [-0.05, 0) is 261 Å². The van der Waals surface area contributed by atoms with Gasteiger partial charge in [0.1, 0.15) is 0 Å². The third-order valence-corrected chi connectivity index (χ3v) is 32.0. The maximum absolute atomic E-state index is 11.6. The van der Waals surface area contributed by atoms with Crippen LogP contribution in [0.25, 0.3) is 0 Å². The van der Waals surface area contributed by atoms with Crippen LogP contribution >= 0.6 is 141 Å². The normalized spacial score (nSPS) is 15.6. The fourth-order valence-corrected chi connectivity index (χ4v) is 26.2. The van der Waals surface area contributed by atoms with E-state index in [0.29, 0.717) is 35.2 Å². The number of aryl methyl sites for hydroxylation is 7. The molecule has 15 rings (SSSR count). The summed E-state index contributed by atoms with van der Waals surface area (Å²) in [5, 5.41) is 52.2. The van der Waals surface area contributed by atoms with Crippen molar-refractivity contribution in [2.24, 2.45) is 0 Å². The molecule has 0 saturated carbocycles. The van der Waals surface area contributed by atoms with Gasteiger partial charge in [-0.2, -0.15) is 62.8 Å². The van der Waals surface area contributed by atoms with Crippen LogP contribution in [0.15, 0.2) is 231 Å². The number of rotatable bonds is 22. The number of nitro benzene ring substituents is 2. The predicted molar refractivity (Wildman–Crippen MR) is 525 cm³/mol. The Labute approximate surface area is 785 Å². The van der Waals surface area contributed by atoms with E-state index in [4.69, 9.17) is 34.8 Å². The first-order valence-corrected chi connectivity index (χ1v) is 52.4. The van der Waals surface area contributed by atoms with Crippen molar-refractivity contribution >= 4 is 162 Å². The molecule has 0 atom stereocenters. The minimum Gasteiger partial charge on any atom is -0.297 e. The van der Waals surface area contributed by atoms with Gasteiger partial charge >= 0.3 is 0 Å². The van der Waals surface area contributed by atoms with Crippen LogP contribution in [0, 0.1) is 103 Å². The van der Waals surface area contributed by atoms with E-state index in [-0.39, 0.29) is 32.7 Å². The predicted octanol–water partition coefficient (Wildman–Crippen LogP) is 24.2. The first kappa shape index (κ1) is 97.8. The summed E-state index contributed by atoms with van der Waals surface area (Å²) < 4.78 is 23.3. The van der Waals surface area contributed by atoms with E-state index in [9.17, 15) is 44.4 Å². The maximum Gasteiger partial charge on any atom is 0.269 e. The van der Waals surface area contributed by atoms with Crippen molar-refractivity contribution in [1.82, 2.24) is 24.5 Å². The molecular weight excluding hydrogens is 1800 g/mol. The van der Waals surface area contributed by atoms with Gasteiger partial charge < -0.3 is 0 Å². The number of halogens is 3. The summed E-state index contributed by atoms with van der Waals surface area (Å²) in [4.78, 5) is 44.9. The Morgan fingerprint density at radius 3 is 0.774 bits per heavy atom. The number of nitro groups is 2. The molecule has 5 heterocycles. The SMILES string of the molecule is Cc1cc(C)cc(Sc2ccc(C#N)cc2CN2CCSCC2)c1.Cc1cc(C)cc(Sc2ccc([N+](=O)[O-])cc2CN2CCSCC2)c1.Cc1cc(Cl)cc(Sc2ccc(C#N)cc2CN2CCS(=O)(=O)CC2)c1.Cc1cc(Cl)cc(Sc2ccc(C#N)cc2CN2CCSCC2)c1.Cc1cc(Cl)cc(Sc2ccc([N+](=O)[O-])cc2CN2CCSCC2)c1. The molecule has 124 heavy (non-hydrogen) atoms. The topological polar surface area (TPSA) is 208 Å². The van der Waals surface area contributed by atoms with Gasteiger partial charge in [0.2, 0.25) is 0 Å². The van der Waals surface area contributed by atoms with E-state index < -0.39 is 9.84 Å². The van der Waals surface area contributed by atoms with Crippen molar-refractivity contribution in [3.8, 4) is 18.2 Å².